The van der Waals surface area contributed by atoms with Crippen LogP contribution in [0.15, 0.2) is 41.0 Å². The molecule has 2 N–H and O–H groups in total. The number of amides is 1. The largest absolute Gasteiger partial charge is 0.319 e. The first-order valence-corrected chi connectivity index (χ1v) is 7.64. The van der Waals surface area contributed by atoms with Crippen molar-refractivity contribution in [2.45, 2.75) is 6.42 Å². The Morgan fingerprint density at radius 3 is 2.90 bits per heavy atom. The zero-order valence-electron chi connectivity index (χ0n) is 11.5. The van der Waals surface area contributed by atoms with Gasteiger partial charge in [-0.15, -0.1) is 0 Å². The summed E-state index contributed by atoms with van der Waals surface area (Å²) in [4.78, 5) is 16.4. The highest BCUT2D eigenvalue weighted by molar-refractivity contribution is 9.10. The van der Waals surface area contributed by atoms with Gasteiger partial charge >= 0.3 is 0 Å². The lowest BCUT2D eigenvalue weighted by molar-refractivity contribution is 0.102. The molecule has 0 aliphatic rings. The molecule has 0 aliphatic heterocycles. The number of nitrogens with one attached hydrogen (secondary N) is 2. The molecular weight excluding hydrogens is 354 g/mol. The molecule has 0 aliphatic carbocycles. The van der Waals surface area contributed by atoms with Crippen molar-refractivity contribution in [1.82, 2.24) is 10.3 Å². The van der Waals surface area contributed by atoms with E-state index in [-0.39, 0.29) is 11.1 Å². The van der Waals surface area contributed by atoms with Gasteiger partial charge in [0.05, 0.1) is 5.69 Å². The van der Waals surface area contributed by atoms with E-state index in [0.29, 0.717) is 11.3 Å². The maximum atomic E-state index is 12.4. The standard InChI is InChI=1S/C15H15BrClN3O/c1-18-7-6-10-4-2-3-5-12(10)15(21)20-13-8-11(16)9-19-14(13)17/h2-5,8-9,18H,6-7H2,1H3,(H,20,21). The molecular formula is C15H15BrClN3O. The molecule has 2 rings (SSSR count). The number of hydrogen-bond acceptors (Lipinski definition) is 3. The molecule has 21 heavy (non-hydrogen) atoms. The highest BCUT2D eigenvalue weighted by Gasteiger charge is 2.13. The number of anilines is 1. The number of halogens is 2. The fourth-order valence-corrected chi connectivity index (χ4v) is 2.40. The summed E-state index contributed by atoms with van der Waals surface area (Å²) in [7, 11) is 1.88. The van der Waals surface area contributed by atoms with Crippen molar-refractivity contribution in [1.29, 1.82) is 0 Å². The summed E-state index contributed by atoms with van der Waals surface area (Å²) in [6, 6.07) is 9.25. The monoisotopic (exact) mass is 367 g/mol. The van der Waals surface area contributed by atoms with Gasteiger partial charge in [-0.2, -0.15) is 0 Å². The SMILES string of the molecule is CNCCc1ccccc1C(=O)Nc1cc(Br)cnc1Cl. The van der Waals surface area contributed by atoms with E-state index in [1.165, 1.54) is 0 Å². The molecule has 0 saturated heterocycles. The van der Waals surface area contributed by atoms with Crippen LogP contribution in [0.5, 0.6) is 0 Å². The van der Waals surface area contributed by atoms with Crippen LogP contribution >= 0.6 is 27.5 Å². The third-order valence-electron chi connectivity index (χ3n) is 2.96. The Bertz CT molecular complexity index is 649. The van der Waals surface area contributed by atoms with Crippen molar-refractivity contribution >= 4 is 39.1 Å². The Morgan fingerprint density at radius 1 is 1.38 bits per heavy atom. The number of rotatable bonds is 5. The van der Waals surface area contributed by atoms with Crippen LogP contribution < -0.4 is 10.6 Å². The molecule has 1 aromatic heterocycles. The first-order valence-electron chi connectivity index (χ1n) is 6.46. The van der Waals surface area contributed by atoms with Gasteiger partial charge in [0, 0.05) is 16.2 Å². The molecule has 1 heterocycles. The lowest BCUT2D eigenvalue weighted by Crippen LogP contribution is -2.17. The summed E-state index contributed by atoms with van der Waals surface area (Å²) in [5.41, 5.74) is 2.12. The van der Waals surface area contributed by atoms with E-state index in [0.717, 1.165) is 23.0 Å². The van der Waals surface area contributed by atoms with Crippen LogP contribution in [0.2, 0.25) is 5.15 Å². The maximum absolute atomic E-state index is 12.4. The van der Waals surface area contributed by atoms with Crippen molar-refractivity contribution in [2.75, 3.05) is 18.9 Å². The molecule has 0 saturated carbocycles. The first kappa shape index (κ1) is 15.9. The van der Waals surface area contributed by atoms with E-state index in [9.17, 15) is 4.79 Å². The van der Waals surface area contributed by atoms with Crippen LogP contribution in [0.4, 0.5) is 5.69 Å². The number of aromatic nitrogens is 1. The highest BCUT2D eigenvalue weighted by atomic mass is 79.9. The van der Waals surface area contributed by atoms with E-state index in [2.05, 4.69) is 31.5 Å². The van der Waals surface area contributed by atoms with Crippen LogP contribution in [0.25, 0.3) is 0 Å². The Hall–Kier alpha value is -1.43. The summed E-state index contributed by atoms with van der Waals surface area (Å²) in [5.74, 6) is -0.191. The number of benzene rings is 1. The quantitative estimate of drug-likeness (QED) is 0.794. The molecule has 110 valence electrons. The minimum Gasteiger partial charge on any atom is -0.319 e. The molecule has 0 atom stereocenters. The van der Waals surface area contributed by atoms with Gasteiger partial charge in [-0.05, 0) is 53.6 Å². The predicted molar refractivity (Wildman–Crippen MR) is 89.0 cm³/mol. The summed E-state index contributed by atoms with van der Waals surface area (Å²) in [5, 5.41) is 6.14. The van der Waals surface area contributed by atoms with Crippen LogP contribution in [0.3, 0.4) is 0 Å². The summed E-state index contributed by atoms with van der Waals surface area (Å²) >= 11 is 9.30. The molecule has 0 fully saturated rings. The predicted octanol–water partition coefficient (Wildman–Crippen LogP) is 3.51. The van der Waals surface area contributed by atoms with Gasteiger partial charge in [-0.1, -0.05) is 29.8 Å². The first-order chi connectivity index (χ1) is 10.1. The number of nitrogens with zero attached hydrogens (tertiary/aromatic N) is 1. The maximum Gasteiger partial charge on any atom is 0.256 e. The Balaban J connectivity index is 2.22. The van der Waals surface area contributed by atoms with E-state index < -0.39 is 0 Å². The van der Waals surface area contributed by atoms with Crippen molar-refractivity contribution < 1.29 is 4.79 Å². The molecule has 0 bridgehead atoms. The molecule has 1 amide bonds. The zero-order valence-corrected chi connectivity index (χ0v) is 13.8. The Morgan fingerprint density at radius 2 is 2.14 bits per heavy atom. The lowest BCUT2D eigenvalue weighted by atomic mass is 10.0. The van der Waals surface area contributed by atoms with Crippen LogP contribution in [0.1, 0.15) is 15.9 Å². The van der Waals surface area contributed by atoms with Crippen molar-refractivity contribution in [2.24, 2.45) is 0 Å². The Labute approximate surface area is 137 Å². The molecule has 0 spiro atoms. The molecule has 1 aromatic carbocycles. The molecule has 2 aromatic rings. The second-order valence-corrected chi connectivity index (χ2v) is 5.73. The minimum atomic E-state index is -0.191. The van der Waals surface area contributed by atoms with Crippen molar-refractivity contribution in [3.05, 3.63) is 57.3 Å². The molecule has 6 heteroatoms. The van der Waals surface area contributed by atoms with Gasteiger partial charge in [0.15, 0.2) is 5.15 Å². The summed E-state index contributed by atoms with van der Waals surface area (Å²) in [6.45, 7) is 0.809. The molecule has 4 nitrogen and oxygen atoms in total. The molecule has 0 radical (unpaired) electrons. The highest BCUT2D eigenvalue weighted by Crippen LogP contribution is 2.24. The summed E-state index contributed by atoms with van der Waals surface area (Å²) < 4.78 is 0.755. The van der Waals surface area contributed by atoms with Gasteiger partial charge in [0.2, 0.25) is 0 Å². The van der Waals surface area contributed by atoms with Gasteiger partial charge in [0.1, 0.15) is 0 Å². The van der Waals surface area contributed by atoms with E-state index >= 15 is 0 Å². The van der Waals surface area contributed by atoms with Gasteiger partial charge in [0.25, 0.3) is 5.91 Å². The molecule has 0 unspecified atom stereocenters. The zero-order chi connectivity index (χ0) is 15.2. The van der Waals surface area contributed by atoms with Crippen LogP contribution in [0, 0.1) is 0 Å². The smallest absolute Gasteiger partial charge is 0.256 e. The number of carbonyl (C=O) groups excluding carboxylic acids is 1. The number of pyridine rings is 1. The average Bonchev–Trinajstić information content (AvgIpc) is 2.49. The van der Waals surface area contributed by atoms with Crippen LogP contribution in [-0.4, -0.2) is 24.5 Å². The van der Waals surface area contributed by atoms with Crippen LogP contribution in [-0.2, 0) is 6.42 Å². The number of carbonyl (C=O) groups is 1. The van der Waals surface area contributed by atoms with E-state index in [1.54, 1.807) is 18.3 Å². The Kier molecular flexibility index (Phi) is 5.73. The topological polar surface area (TPSA) is 54.0 Å². The average molecular weight is 369 g/mol. The van der Waals surface area contributed by atoms with Gasteiger partial charge < -0.3 is 10.6 Å². The normalized spacial score (nSPS) is 10.4. The second-order valence-electron chi connectivity index (χ2n) is 4.46. The second kappa shape index (κ2) is 7.54. The van der Waals surface area contributed by atoms with Gasteiger partial charge in [-0.3, -0.25) is 4.79 Å². The minimum absolute atomic E-state index is 0.191. The van der Waals surface area contributed by atoms with Gasteiger partial charge in [-0.25, -0.2) is 4.98 Å². The fraction of sp³-hybridized carbons (Fsp3) is 0.200. The van der Waals surface area contributed by atoms with Crippen molar-refractivity contribution in [3.63, 3.8) is 0 Å². The van der Waals surface area contributed by atoms with E-state index in [1.807, 2.05) is 25.2 Å². The number of hydrogen-bond donors (Lipinski definition) is 2. The third-order valence-corrected chi connectivity index (χ3v) is 3.70. The van der Waals surface area contributed by atoms with E-state index in [4.69, 9.17) is 11.6 Å². The van der Waals surface area contributed by atoms with Crippen molar-refractivity contribution in [3.8, 4) is 0 Å². The fourth-order valence-electron chi connectivity index (χ4n) is 1.92. The third kappa shape index (κ3) is 4.27. The number of likely N-dealkylation sites (N-methyl/N-ethyl adjacent to an activating group) is 1. The summed E-state index contributed by atoms with van der Waals surface area (Å²) in [6.07, 6.45) is 2.36. The lowest BCUT2D eigenvalue weighted by Gasteiger charge is -2.11.